The minimum absolute atomic E-state index is 0.0151. The Morgan fingerprint density at radius 1 is 1.19 bits per heavy atom. The number of nitrogens with zero attached hydrogens (tertiary/aromatic N) is 2. The minimum atomic E-state index is -0.146. The molecule has 8 heteroatoms. The maximum Gasteiger partial charge on any atom is 0.233 e. The summed E-state index contributed by atoms with van der Waals surface area (Å²) < 4.78 is 11.4. The van der Waals surface area contributed by atoms with Gasteiger partial charge in [-0.1, -0.05) is 12.2 Å². The molecule has 8 nitrogen and oxygen atoms in total. The number of rotatable bonds is 6. The number of carbonyl (C=O) groups is 2. The fraction of sp³-hybridized carbons (Fsp3) is 0.542. The summed E-state index contributed by atoms with van der Waals surface area (Å²) in [5.74, 6) is 2.47. The molecule has 1 aromatic rings. The van der Waals surface area contributed by atoms with Crippen LogP contribution in [-0.4, -0.2) is 56.0 Å². The van der Waals surface area contributed by atoms with Gasteiger partial charge in [-0.3, -0.25) is 19.5 Å². The third-order valence-electron chi connectivity index (χ3n) is 7.16. The molecule has 2 aliphatic carbocycles. The number of hydrogen-bond acceptors (Lipinski definition) is 5. The van der Waals surface area contributed by atoms with Gasteiger partial charge < -0.3 is 20.1 Å². The van der Waals surface area contributed by atoms with E-state index in [4.69, 9.17) is 9.47 Å². The van der Waals surface area contributed by atoms with Crippen LogP contribution in [0.1, 0.15) is 24.5 Å². The number of carbonyl (C=O) groups excluding carboxylic acids is 2. The number of fused-ring (bicyclic) bond motifs is 6. The Kier molecular flexibility index (Phi) is 5.31. The second-order valence-corrected chi connectivity index (χ2v) is 9.08. The number of aliphatic imine (C=N–C) groups is 1. The van der Waals surface area contributed by atoms with E-state index >= 15 is 0 Å². The highest BCUT2D eigenvalue weighted by molar-refractivity contribution is 6.06. The van der Waals surface area contributed by atoms with Gasteiger partial charge in [-0.15, -0.1) is 0 Å². The van der Waals surface area contributed by atoms with Crippen LogP contribution in [0.3, 0.4) is 0 Å². The molecule has 0 radical (unpaired) electrons. The Hall–Kier alpha value is -3.03. The number of nitrogens with one attached hydrogen (secondary N) is 2. The average Bonchev–Trinajstić information content (AvgIpc) is 3.54. The lowest BCUT2D eigenvalue weighted by Crippen LogP contribution is -2.43. The predicted molar refractivity (Wildman–Crippen MR) is 119 cm³/mol. The van der Waals surface area contributed by atoms with Crippen LogP contribution in [0.5, 0.6) is 11.5 Å². The van der Waals surface area contributed by atoms with Crippen molar-refractivity contribution in [2.75, 3.05) is 27.2 Å². The molecule has 2 amide bonds. The molecule has 1 saturated heterocycles. The summed E-state index contributed by atoms with van der Waals surface area (Å²) in [6.45, 7) is 3.36. The van der Waals surface area contributed by atoms with Gasteiger partial charge in [0, 0.05) is 44.2 Å². The van der Waals surface area contributed by atoms with Gasteiger partial charge in [0.05, 0.1) is 18.9 Å². The lowest BCUT2D eigenvalue weighted by atomic mass is 9.85. The fourth-order valence-corrected chi connectivity index (χ4v) is 5.68. The number of allylic oxidation sites excluding steroid dienone is 2. The van der Waals surface area contributed by atoms with E-state index in [0.29, 0.717) is 25.6 Å². The van der Waals surface area contributed by atoms with Crippen LogP contribution >= 0.6 is 0 Å². The van der Waals surface area contributed by atoms with E-state index in [1.54, 1.807) is 14.2 Å². The SMILES string of the molecule is CN=C(NCCN1C(=O)C2C3C=CC(C3)C2C1=O)NCc1cc2c(cc1OC)CC(C)O2. The Bertz CT molecular complexity index is 974. The van der Waals surface area contributed by atoms with Gasteiger partial charge in [-0.25, -0.2) is 0 Å². The molecule has 2 fully saturated rings. The largest absolute Gasteiger partial charge is 0.496 e. The summed E-state index contributed by atoms with van der Waals surface area (Å²) in [6, 6.07) is 4.05. The number of amides is 2. The first-order valence-electron chi connectivity index (χ1n) is 11.3. The number of guanidine groups is 1. The quantitative estimate of drug-likeness (QED) is 0.303. The van der Waals surface area contributed by atoms with Crippen molar-refractivity contribution in [1.29, 1.82) is 0 Å². The van der Waals surface area contributed by atoms with Crippen LogP contribution in [0.15, 0.2) is 29.3 Å². The third-order valence-corrected chi connectivity index (χ3v) is 7.16. The number of imide groups is 1. The number of methoxy groups -OCH3 is 1. The van der Waals surface area contributed by atoms with E-state index in [9.17, 15) is 9.59 Å². The van der Waals surface area contributed by atoms with Crippen molar-refractivity contribution >= 4 is 17.8 Å². The zero-order valence-corrected chi connectivity index (χ0v) is 18.8. The normalized spacial score (nSPS) is 29.9. The van der Waals surface area contributed by atoms with Crippen LogP contribution in [0.4, 0.5) is 0 Å². The molecule has 0 aromatic heterocycles. The highest BCUT2D eigenvalue weighted by Gasteiger charge is 2.58. The maximum atomic E-state index is 12.8. The predicted octanol–water partition coefficient (Wildman–Crippen LogP) is 1.49. The number of benzene rings is 1. The summed E-state index contributed by atoms with van der Waals surface area (Å²) >= 11 is 0. The van der Waals surface area contributed by atoms with Gasteiger partial charge in [-0.05, 0) is 37.3 Å². The number of hydrogen-bond donors (Lipinski definition) is 2. The molecule has 0 spiro atoms. The van der Waals surface area contributed by atoms with Crippen LogP contribution < -0.4 is 20.1 Å². The highest BCUT2D eigenvalue weighted by atomic mass is 16.5. The van der Waals surface area contributed by atoms with Crippen LogP contribution in [0.2, 0.25) is 0 Å². The van der Waals surface area contributed by atoms with E-state index in [1.807, 2.05) is 12.1 Å². The van der Waals surface area contributed by atoms with Gasteiger partial charge in [0.2, 0.25) is 11.8 Å². The smallest absolute Gasteiger partial charge is 0.233 e. The van der Waals surface area contributed by atoms with Crippen molar-refractivity contribution < 1.29 is 19.1 Å². The molecule has 2 N–H and O–H groups in total. The second kappa shape index (κ2) is 8.15. The molecule has 5 unspecified atom stereocenters. The zero-order valence-electron chi connectivity index (χ0n) is 18.8. The van der Waals surface area contributed by atoms with Crippen molar-refractivity contribution in [1.82, 2.24) is 15.5 Å². The Balaban J connectivity index is 1.15. The molecular weight excluding hydrogens is 408 g/mol. The Labute approximate surface area is 188 Å². The lowest BCUT2D eigenvalue weighted by molar-refractivity contribution is -0.140. The number of likely N-dealkylation sites (tertiary alicyclic amines) is 1. The molecule has 32 heavy (non-hydrogen) atoms. The monoisotopic (exact) mass is 438 g/mol. The van der Waals surface area contributed by atoms with Crippen LogP contribution in [0, 0.1) is 23.7 Å². The van der Waals surface area contributed by atoms with Gasteiger partial charge in [0.1, 0.15) is 17.6 Å². The van der Waals surface area contributed by atoms with Crippen molar-refractivity contribution in [2.45, 2.75) is 32.4 Å². The van der Waals surface area contributed by atoms with E-state index in [2.05, 4.69) is 34.7 Å². The molecule has 5 atom stereocenters. The molecule has 1 saturated carbocycles. The molecular formula is C24H30N4O4. The van der Waals surface area contributed by atoms with Crippen molar-refractivity contribution in [2.24, 2.45) is 28.7 Å². The number of ether oxygens (including phenoxy) is 2. The van der Waals surface area contributed by atoms with E-state index in [0.717, 1.165) is 35.5 Å². The average molecular weight is 439 g/mol. The first-order valence-corrected chi connectivity index (χ1v) is 11.3. The van der Waals surface area contributed by atoms with Gasteiger partial charge in [0.15, 0.2) is 5.96 Å². The first-order chi connectivity index (χ1) is 15.5. The molecule has 5 rings (SSSR count). The molecule has 4 aliphatic rings. The van der Waals surface area contributed by atoms with Crippen LogP contribution in [-0.2, 0) is 22.6 Å². The minimum Gasteiger partial charge on any atom is -0.496 e. The fourth-order valence-electron chi connectivity index (χ4n) is 5.68. The Morgan fingerprint density at radius 3 is 2.56 bits per heavy atom. The van der Waals surface area contributed by atoms with E-state index in [1.165, 1.54) is 4.90 Å². The summed E-state index contributed by atoms with van der Waals surface area (Å²) in [6.07, 6.45) is 6.24. The lowest BCUT2D eigenvalue weighted by Gasteiger charge is -2.19. The molecule has 2 aliphatic heterocycles. The summed E-state index contributed by atoms with van der Waals surface area (Å²) in [5, 5.41) is 6.49. The summed E-state index contributed by atoms with van der Waals surface area (Å²) in [4.78, 5) is 31.3. The summed E-state index contributed by atoms with van der Waals surface area (Å²) in [5.41, 5.74) is 2.14. The van der Waals surface area contributed by atoms with E-state index < -0.39 is 0 Å². The maximum absolute atomic E-state index is 12.8. The van der Waals surface area contributed by atoms with Gasteiger partial charge >= 0.3 is 0 Å². The van der Waals surface area contributed by atoms with Crippen molar-refractivity contribution in [3.63, 3.8) is 0 Å². The standard InChI is InChI=1S/C24H30N4O4/c1-13-8-16-10-18(31-3)17(11-19(16)32-13)12-27-24(25-2)26-6-7-28-22(29)20-14-4-5-15(9-14)21(20)23(28)30/h4-5,10-11,13-15,20-21H,6-9,12H2,1-3H3,(H2,25,26,27). The molecule has 1 aromatic carbocycles. The Morgan fingerprint density at radius 2 is 1.91 bits per heavy atom. The zero-order chi connectivity index (χ0) is 22.4. The van der Waals surface area contributed by atoms with Crippen molar-refractivity contribution in [3.8, 4) is 11.5 Å². The second-order valence-electron chi connectivity index (χ2n) is 9.08. The third kappa shape index (κ3) is 3.42. The molecule has 2 bridgehead atoms. The highest BCUT2D eigenvalue weighted by Crippen LogP contribution is 2.52. The summed E-state index contributed by atoms with van der Waals surface area (Å²) in [7, 11) is 3.36. The van der Waals surface area contributed by atoms with Crippen molar-refractivity contribution in [3.05, 3.63) is 35.4 Å². The topological polar surface area (TPSA) is 92.3 Å². The van der Waals surface area contributed by atoms with Gasteiger partial charge in [0.25, 0.3) is 0 Å². The first kappa shape index (κ1) is 20.8. The van der Waals surface area contributed by atoms with Gasteiger partial charge in [-0.2, -0.15) is 0 Å². The molecule has 2 heterocycles. The van der Waals surface area contributed by atoms with E-state index in [-0.39, 0.29) is 41.6 Å². The van der Waals surface area contributed by atoms with Crippen LogP contribution in [0.25, 0.3) is 0 Å². The molecule has 170 valence electrons.